The highest BCUT2D eigenvalue weighted by atomic mass is 16.6. The quantitative estimate of drug-likeness (QED) is 0.504. The minimum Gasteiger partial charge on any atom is -0.391 e. The van der Waals surface area contributed by atoms with E-state index in [4.69, 9.17) is 0 Å². The van der Waals surface area contributed by atoms with E-state index >= 15 is 0 Å². The first-order valence-corrected chi connectivity index (χ1v) is 6.97. The van der Waals surface area contributed by atoms with Crippen molar-refractivity contribution in [3.63, 3.8) is 0 Å². The van der Waals surface area contributed by atoms with Gasteiger partial charge in [-0.15, -0.1) is 0 Å². The first kappa shape index (κ1) is 15.2. The Hall–Kier alpha value is -2.21. The highest BCUT2D eigenvalue weighted by Gasteiger charge is 2.23. The second-order valence-corrected chi connectivity index (χ2v) is 5.15. The Morgan fingerprint density at radius 3 is 2.57 bits per heavy atom. The van der Waals surface area contributed by atoms with Gasteiger partial charge in [0.05, 0.1) is 17.1 Å². The number of rotatable bonds is 4. The van der Waals surface area contributed by atoms with Crippen molar-refractivity contribution in [2.24, 2.45) is 0 Å². The molecule has 0 heterocycles. The maximum atomic E-state index is 11.8. The van der Waals surface area contributed by atoms with Crippen molar-refractivity contribution in [2.45, 2.75) is 37.8 Å². The largest absolute Gasteiger partial charge is 0.391 e. The molecule has 2 unspecified atom stereocenters. The zero-order valence-corrected chi connectivity index (χ0v) is 11.6. The molecule has 6 nitrogen and oxygen atoms in total. The molecular formula is C15H18N2O4. The summed E-state index contributed by atoms with van der Waals surface area (Å²) in [5.74, 6) is -0.265. The normalized spacial score (nSPS) is 22.1. The van der Waals surface area contributed by atoms with Gasteiger partial charge in [0.15, 0.2) is 0 Å². The van der Waals surface area contributed by atoms with Crippen molar-refractivity contribution in [1.29, 1.82) is 0 Å². The van der Waals surface area contributed by atoms with Crippen LogP contribution >= 0.6 is 0 Å². The Balaban J connectivity index is 1.90. The van der Waals surface area contributed by atoms with E-state index in [1.54, 1.807) is 18.2 Å². The Kier molecular flexibility index (Phi) is 5.05. The minimum absolute atomic E-state index is 0.0157. The van der Waals surface area contributed by atoms with E-state index in [0.717, 1.165) is 25.7 Å². The lowest BCUT2D eigenvalue weighted by Crippen LogP contribution is -2.44. The average molecular weight is 290 g/mol. The van der Waals surface area contributed by atoms with E-state index in [1.807, 2.05) is 0 Å². The highest BCUT2D eigenvalue weighted by molar-refractivity contribution is 5.91. The molecule has 0 aromatic heterocycles. The number of benzene rings is 1. The molecule has 2 N–H and O–H groups in total. The maximum absolute atomic E-state index is 11.8. The molecule has 21 heavy (non-hydrogen) atoms. The third-order valence-electron chi connectivity index (χ3n) is 3.59. The summed E-state index contributed by atoms with van der Waals surface area (Å²) in [6.07, 6.45) is 6.00. The van der Waals surface area contributed by atoms with Crippen LogP contribution in [0.5, 0.6) is 0 Å². The standard InChI is InChI=1S/C15H18N2O4/c18-14-4-2-1-3-13(14)16-15(19)10-7-11-5-8-12(9-6-11)17(20)21/h5-10,13-14,18H,1-4H2,(H,16,19). The van der Waals surface area contributed by atoms with E-state index < -0.39 is 11.0 Å². The molecule has 0 spiro atoms. The number of aliphatic hydroxyl groups is 1. The van der Waals surface area contributed by atoms with E-state index in [0.29, 0.717) is 5.56 Å². The number of carbonyl (C=O) groups is 1. The number of aliphatic hydroxyl groups excluding tert-OH is 1. The first-order valence-electron chi connectivity index (χ1n) is 6.97. The monoisotopic (exact) mass is 290 g/mol. The van der Waals surface area contributed by atoms with Crippen LogP contribution in [0.25, 0.3) is 6.08 Å². The molecule has 2 atom stereocenters. The van der Waals surface area contributed by atoms with Crippen LogP contribution in [0.3, 0.4) is 0 Å². The molecule has 6 heteroatoms. The van der Waals surface area contributed by atoms with Gasteiger partial charge in [0.1, 0.15) is 0 Å². The van der Waals surface area contributed by atoms with Crippen molar-refractivity contribution >= 4 is 17.7 Å². The van der Waals surface area contributed by atoms with E-state index in [2.05, 4.69) is 5.32 Å². The second-order valence-electron chi connectivity index (χ2n) is 5.15. The second kappa shape index (κ2) is 6.99. The molecule has 0 radical (unpaired) electrons. The predicted molar refractivity (Wildman–Crippen MR) is 78.5 cm³/mol. The van der Waals surface area contributed by atoms with Gasteiger partial charge in [0.2, 0.25) is 5.91 Å². The number of nitrogens with zero attached hydrogens (tertiary/aromatic N) is 1. The number of carbonyl (C=O) groups excluding carboxylic acids is 1. The Morgan fingerprint density at radius 2 is 1.95 bits per heavy atom. The summed E-state index contributed by atoms with van der Waals surface area (Å²) >= 11 is 0. The van der Waals surface area contributed by atoms with Crippen LogP contribution in [-0.4, -0.2) is 28.1 Å². The van der Waals surface area contributed by atoms with Gasteiger partial charge in [-0.1, -0.05) is 12.8 Å². The number of non-ortho nitro benzene ring substituents is 1. The molecule has 1 fully saturated rings. The van der Waals surface area contributed by atoms with Crippen LogP contribution in [-0.2, 0) is 4.79 Å². The molecule has 1 amide bonds. The van der Waals surface area contributed by atoms with Gasteiger partial charge in [-0.25, -0.2) is 0 Å². The molecule has 112 valence electrons. The Labute approximate surface area is 122 Å². The molecule has 0 saturated heterocycles. The molecule has 2 rings (SSSR count). The van der Waals surface area contributed by atoms with E-state index in [9.17, 15) is 20.0 Å². The lowest BCUT2D eigenvalue weighted by atomic mass is 9.92. The number of hydrogen-bond acceptors (Lipinski definition) is 4. The maximum Gasteiger partial charge on any atom is 0.269 e. The minimum atomic E-state index is -0.476. The van der Waals surface area contributed by atoms with Crippen LogP contribution < -0.4 is 5.32 Å². The number of nitrogens with one attached hydrogen (secondary N) is 1. The van der Waals surface area contributed by atoms with Gasteiger partial charge in [0, 0.05) is 18.2 Å². The summed E-state index contributed by atoms with van der Waals surface area (Å²) in [4.78, 5) is 21.9. The van der Waals surface area contributed by atoms with Gasteiger partial charge in [-0.2, -0.15) is 0 Å². The van der Waals surface area contributed by atoms with Gasteiger partial charge < -0.3 is 10.4 Å². The summed E-state index contributed by atoms with van der Waals surface area (Å²) in [6, 6.07) is 5.76. The summed E-state index contributed by atoms with van der Waals surface area (Å²) in [6.45, 7) is 0. The fraction of sp³-hybridized carbons (Fsp3) is 0.400. The smallest absolute Gasteiger partial charge is 0.269 e. The summed E-state index contributed by atoms with van der Waals surface area (Å²) in [5, 5.41) is 23.1. The van der Waals surface area contributed by atoms with Crippen molar-refractivity contribution in [3.8, 4) is 0 Å². The lowest BCUT2D eigenvalue weighted by molar-refractivity contribution is -0.384. The molecule has 1 aliphatic carbocycles. The van der Waals surface area contributed by atoms with Gasteiger partial charge >= 0.3 is 0 Å². The van der Waals surface area contributed by atoms with Crippen molar-refractivity contribution in [2.75, 3.05) is 0 Å². The van der Waals surface area contributed by atoms with Crippen LogP contribution in [0.15, 0.2) is 30.3 Å². The molecule has 1 aliphatic rings. The van der Waals surface area contributed by atoms with Crippen molar-refractivity contribution in [3.05, 3.63) is 46.0 Å². The topological polar surface area (TPSA) is 92.5 Å². The fourth-order valence-corrected chi connectivity index (χ4v) is 2.39. The van der Waals surface area contributed by atoms with E-state index in [-0.39, 0.29) is 17.6 Å². The summed E-state index contributed by atoms with van der Waals surface area (Å²) < 4.78 is 0. The Morgan fingerprint density at radius 1 is 1.29 bits per heavy atom. The number of nitro groups is 1. The molecule has 1 saturated carbocycles. The predicted octanol–water partition coefficient (Wildman–Crippen LogP) is 2.03. The van der Waals surface area contributed by atoms with E-state index in [1.165, 1.54) is 18.2 Å². The number of nitro benzene ring substituents is 1. The fourth-order valence-electron chi connectivity index (χ4n) is 2.39. The van der Waals surface area contributed by atoms with Crippen LogP contribution in [0.1, 0.15) is 31.2 Å². The molecular weight excluding hydrogens is 272 g/mol. The average Bonchev–Trinajstić information content (AvgIpc) is 2.48. The number of hydrogen-bond donors (Lipinski definition) is 2. The summed E-state index contributed by atoms with van der Waals surface area (Å²) in [7, 11) is 0. The lowest BCUT2D eigenvalue weighted by Gasteiger charge is -2.27. The molecule has 1 aromatic carbocycles. The summed E-state index contributed by atoms with van der Waals surface area (Å²) in [5.41, 5.74) is 0.724. The van der Waals surface area contributed by atoms with Gasteiger partial charge in [0.25, 0.3) is 5.69 Å². The number of amides is 1. The zero-order chi connectivity index (χ0) is 15.2. The van der Waals surface area contributed by atoms with Crippen molar-refractivity contribution in [1.82, 2.24) is 5.32 Å². The van der Waals surface area contributed by atoms with Gasteiger partial charge in [-0.3, -0.25) is 14.9 Å². The SMILES string of the molecule is O=C(C=Cc1ccc([N+](=O)[O-])cc1)NC1CCCCC1O. The first-order chi connectivity index (χ1) is 10.1. The Bertz CT molecular complexity index is 539. The molecule has 1 aromatic rings. The zero-order valence-electron chi connectivity index (χ0n) is 11.6. The van der Waals surface area contributed by atoms with Gasteiger partial charge in [-0.05, 0) is 36.6 Å². The third-order valence-corrected chi connectivity index (χ3v) is 3.59. The highest BCUT2D eigenvalue weighted by Crippen LogP contribution is 2.18. The van der Waals surface area contributed by atoms with Crippen LogP contribution in [0.4, 0.5) is 5.69 Å². The molecule has 0 bridgehead atoms. The van der Waals surface area contributed by atoms with Crippen molar-refractivity contribution < 1.29 is 14.8 Å². The molecule has 0 aliphatic heterocycles. The van der Waals surface area contributed by atoms with Crippen LogP contribution in [0, 0.1) is 10.1 Å². The third kappa shape index (κ3) is 4.39. The van der Waals surface area contributed by atoms with Crippen LogP contribution in [0.2, 0.25) is 0 Å².